The number of benzene rings is 2. The minimum absolute atomic E-state index is 0.225. The smallest absolute Gasteiger partial charge is 0.321 e. The summed E-state index contributed by atoms with van der Waals surface area (Å²) in [6.45, 7) is 1.90. The fraction of sp³-hybridized carbons (Fsp3) is 0.0870. The second-order valence-electron chi connectivity index (χ2n) is 7.04. The van der Waals surface area contributed by atoms with Crippen LogP contribution in [0.1, 0.15) is 32.7 Å². The summed E-state index contributed by atoms with van der Waals surface area (Å²) in [6, 6.07) is 14.8. The Morgan fingerprint density at radius 1 is 1.19 bits per heavy atom. The van der Waals surface area contributed by atoms with Crippen LogP contribution in [0.5, 0.6) is 11.8 Å². The average molecular weight is 447 g/mol. The molecule has 2 aromatic carbocycles. The first-order chi connectivity index (χ1) is 15.5. The van der Waals surface area contributed by atoms with Crippen LogP contribution in [-0.4, -0.2) is 32.3 Å². The number of rotatable bonds is 7. The highest BCUT2D eigenvalue weighted by Crippen LogP contribution is 2.23. The van der Waals surface area contributed by atoms with Gasteiger partial charge in [-0.3, -0.25) is 9.89 Å². The number of ether oxygens (including phenoxy) is 1. The zero-order valence-corrected chi connectivity index (χ0v) is 17.9. The summed E-state index contributed by atoms with van der Waals surface area (Å²) < 4.78 is 5.62. The Labute approximate surface area is 189 Å². The highest BCUT2D eigenvalue weighted by Gasteiger charge is 2.18. The van der Waals surface area contributed by atoms with Crippen LogP contribution < -0.4 is 10.5 Å². The minimum Gasteiger partial charge on any atom is -0.424 e. The van der Waals surface area contributed by atoms with Crippen LogP contribution in [0.25, 0.3) is 0 Å². The summed E-state index contributed by atoms with van der Waals surface area (Å²) in [7, 11) is 0. The van der Waals surface area contributed by atoms with E-state index in [-0.39, 0.29) is 17.4 Å². The Morgan fingerprint density at radius 3 is 2.62 bits per heavy atom. The summed E-state index contributed by atoms with van der Waals surface area (Å²) in [6.07, 6.45) is 5.39. The van der Waals surface area contributed by atoms with Crippen molar-refractivity contribution in [2.75, 3.05) is 0 Å². The predicted molar refractivity (Wildman–Crippen MR) is 122 cm³/mol. The van der Waals surface area contributed by atoms with Crippen LogP contribution in [0.15, 0.2) is 65.9 Å². The lowest BCUT2D eigenvalue weighted by atomic mass is 10.1. The third-order valence-electron chi connectivity index (χ3n) is 4.52. The Morgan fingerprint density at radius 2 is 1.94 bits per heavy atom. The van der Waals surface area contributed by atoms with E-state index < -0.39 is 5.91 Å². The van der Waals surface area contributed by atoms with Crippen molar-refractivity contribution in [2.24, 2.45) is 10.7 Å². The fourth-order valence-electron chi connectivity index (χ4n) is 2.99. The molecule has 0 bridgehead atoms. The second kappa shape index (κ2) is 9.40. The molecule has 4 rings (SSSR count). The molecule has 160 valence electrons. The van der Waals surface area contributed by atoms with Crippen molar-refractivity contribution in [3.8, 4) is 11.8 Å². The largest absolute Gasteiger partial charge is 0.424 e. The highest BCUT2D eigenvalue weighted by atomic mass is 35.5. The molecule has 3 N–H and O–H groups in total. The first-order valence-electron chi connectivity index (χ1n) is 9.70. The number of nitrogens with one attached hydrogen (secondary N) is 1. The molecule has 2 heterocycles. The van der Waals surface area contributed by atoms with Crippen molar-refractivity contribution in [3.05, 3.63) is 93.9 Å². The molecule has 0 saturated carbocycles. The number of aryl methyl sites for hydroxylation is 1. The number of carbonyl (C=O) groups excluding carboxylic acids is 1. The van der Waals surface area contributed by atoms with Gasteiger partial charge < -0.3 is 10.5 Å². The molecule has 0 spiro atoms. The summed E-state index contributed by atoms with van der Waals surface area (Å²) in [5, 5.41) is 7.63. The van der Waals surface area contributed by atoms with Gasteiger partial charge in [-0.2, -0.15) is 5.10 Å². The number of hydrogen-bond acceptors (Lipinski definition) is 6. The van der Waals surface area contributed by atoms with Crippen molar-refractivity contribution < 1.29 is 9.53 Å². The molecule has 0 atom stereocenters. The lowest BCUT2D eigenvalue weighted by molar-refractivity contribution is 0.100. The van der Waals surface area contributed by atoms with Crippen LogP contribution in [0.4, 0.5) is 5.82 Å². The van der Waals surface area contributed by atoms with Crippen molar-refractivity contribution in [1.29, 1.82) is 0 Å². The van der Waals surface area contributed by atoms with Crippen molar-refractivity contribution in [3.63, 3.8) is 0 Å². The molecule has 0 aliphatic heterocycles. The first kappa shape index (κ1) is 21.2. The van der Waals surface area contributed by atoms with Gasteiger partial charge in [0.25, 0.3) is 5.91 Å². The molecule has 9 heteroatoms. The molecular weight excluding hydrogens is 428 g/mol. The van der Waals surface area contributed by atoms with Crippen molar-refractivity contribution >= 4 is 29.5 Å². The number of aromatic nitrogens is 4. The van der Waals surface area contributed by atoms with E-state index in [2.05, 4.69) is 25.2 Å². The van der Waals surface area contributed by atoms with Crippen LogP contribution in [0.3, 0.4) is 0 Å². The molecule has 0 aliphatic carbocycles. The molecule has 0 saturated heterocycles. The van der Waals surface area contributed by atoms with Gasteiger partial charge >= 0.3 is 6.01 Å². The van der Waals surface area contributed by atoms with E-state index >= 15 is 0 Å². The fourth-order valence-corrected chi connectivity index (χ4v) is 3.21. The maximum Gasteiger partial charge on any atom is 0.321 e. The van der Waals surface area contributed by atoms with Crippen LogP contribution in [0, 0.1) is 6.92 Å². The topological polar surface area (TPSA) is 119 Å². The number of nitrogens with zero attached hydrogens (tertiary/aromatic N) is 4. The van der Waals surface area contributed by atoms with Gasteiger partial charge in [-0.15, -0.1) is 0 Å². The first-order valence-corrected chi connectivity index (χ1v) is 10.1. The van der Waals surface area contributed by atoms with Gasteiger partial charge in [0.15, 0.2) is 5.82 Å². The third-order valence-corrected chi connectivity index (χ3v) is 4.76. The predicted octanol–water partition coefficient (Wildman–Crippen LogP) is 4.39. The second-order valence-corrected chi connectivity index (χ2v) is 7.48. The van der Waals surface area contributed by atoms with Crippen LogP contribution in [0.2, 0.25) is 5.02 Å². The zero-order valence-electron chi connectivity index (χ0n) is 17.1. The average Bonchev–Trinajstić information content (AvgIpc) is 3.17. The number of halogens is 1. The Hall–Kier alpha value is -4.04. The number of carbonyl (C=O) groups is 1. The van der Waals surface area contributed by atoms with E-state index in [1.807, 2.05) is 37.3 Å². The zero-order chi connectivity index (χ0) is 22.5. The molecule has 0 fully saturated rings. The van der Waals surface area contributed by atoms with E-state index in [1.54, 1.807) is 36.8 Å². The third kappa shape index (κ3) is 5.16. The van der Waals surface area contributed by atoms with Gasteiger partial charge in [0.2, 0.25) is 0 Å². The summed E-state index contributed by atoms with van der Waals surface area (Å²) in [4.78, 5) is 24.6. The number of hydrogen-bond donors (Lipinski definition) is 2. The molecule has 32 heavy (non-hydrogen) atoms. The maximum absolute atomic E-state index is 12.0. The Bertz CT molecular complexity index is 1270. The molecular formula is C23H19ClN6O2. The lowest BCUT2D eigenvalue weighted by Gasteiger charge is -2.03. The summed E-state index contributed by atoms with van der Waals surface area (Å²) in [5.41, 5.74) is 9.08. The number of amides is 1. The monoisotopic (exact) mass is 446 g/mol. The summed E-state index contributed by atoms with van der Waals surface area (Å²) >= 11 is 6.04. The quantitative estimate of drug-likeness (QED) is 0.408. The van der Waals surface area contributed by atoms with Gasteiger partial charge in [0, 0.05) is 30.1 Å². The number of aromatic amines is 1. The molecule has 0 unspecified atom stereocenters. The normalized spacial score (nSPS) is 11.1. The molecule has 0 aliphatic rings. The SMILES string of the molecule is Cc1cnc(Oc2ccc(C=Nc3n[nH]c(Cc4cccc(Cl)c4)c3C(N)=O)cc2)nc1. The Balaban J connectivity index is 1.49. The molecule has 4 aromatic rings. The van der Waals surface area contributed by atoms with Crippen LogP contribution >= 0.6 is 11.6 Å². The van der Waals surface area contributed by atoms with Gasteiger partial charge in [-0.1, -0.05) is 23.7 Å². The highest BCUT2D eigenvalue weighted by molar-refractivity contribution is 6.30. The lowest BCUT2D eigenvalue weighted by Crippen LogP contribution is -2.13. The number of primary amides is 1. The van der Waals surface area contributed by atoms with E-state index in [4.69, 9.17) is 22.1 Å². The van der Waals surface area contributed by atoms with Gasteiger partial charge in [-0.05, 0) is 60.0 Å². The van der Waals surface area contributed by atoms with E-state index in [0.29, 0.717) is 22.9 Å². The number of aliphatic imine (C=N–C) groups is 1. The molecule has 0 radical (unpaired) electrons. The van der Waals surface area contributed by atoms with Crippen molar-refractivity contribution in [1.82, 2.24) is 20.2 Å². The van der Waals surface area contributed by atoms with Crippen LogP contribution in [-0.2, 0) is 6.42 Å². The maximum atomic E-state index is 12.0. The molecule has 1 amide bonds. The van der Waals surface area contributed by atoms with Gasteiger partial charge in [0.1, 0.15) is 11.3 Å². The van der Waals surface area contributed by atoms with E-state index in [9.17, 15) is 4.79 Å². The number of H-pyrrole nitrogens is 1. The Kier molecular flexibility index (Phi) is 6.23. The minimum atomic E-state index is -0.607. The van der Waals surface area contributed by atoms with Gasteiger partial charge in [-0.25, -0.2) is 15.0 Å². The van der Waals surface area contributed by atoms with E-state index in [0.717, 1.165) is 16.7 Å². The number of nitrogens with two attached hydrogens (primary N) is 1. The van der Waals surface area contributed by atoms with Crippen molar-refractivity contribution in [2.45, 2.75) is 13.3 Å². The standard InChI is InChI=1S/C23H19ClN6O2/c1-14-11-27-23(28-12-14)32-18-7-5-15(6-8-18)13-26-22-20(21(25)31)19(29-30-22)10-16-3-2-4-17(24)9-16/h2-9,11-13H,10H2,1H3,(H2,25,31)(H,29,30). The molecule has 8 nitrogen and oxygen atoms in total. The summed E-state index contributed by atoms with van der Waals surface area (Å²) in [5.74, 6) is 0.208. The molecule has 2 aromatic heterocycles. The van der Waals surface area contributed by atoms with Gasteiger partial charge in [0.05, 0.1) is 5.69 Å². The van der Waals surface area contributed by atoms with E-state index in [1.165, 1.54) is 0 Å².